The average Bonchev–Trinajstić information content (AvgIpc) is 3.03. The zero-order chi connectivity index (χ0) is 15.0. The second-order valence-electron chi connectivity index (χ2n) is 5.20. The summed E-state index contributed by atoms with van der Waals surface area (Å²) in [5, 5.41) is 7.37. The molecule has 3 heterocycles. The third-order valence-electron chi connectivity index (χ3n) is 3.66. The van der Waals surface area contributed by atoms with Gasteiger partial charge in [-0.1, -0.05) is 13.8 Å². The second-order valence-corrected chi connectivity index (χ2v) is 5.20. The molecular formula is C15H19N5O. The van der Waals surface area contributed by atoms with Gasteiger partial charge in [-0.15, -0.1) is 0 Å². The molecule has 0 fully saturated rings. The summed E-state index contributed by atoms with van der Waals surface area (Å²) < 4.78 is 3.38. The van der Waals surface area contributed by atoms with Gasteiger partial charge >= 0.3 is 0 Å². The first-order chi connectivity index (χ1) is 10.1. The SMILES string of the molecule is CCCn1cc(-c2cc(=O)n3[nH]c(C)c(CC)c3n2)cn1. The fourth-order valence-corrected chi connectivity index (χ4v) is 2.61. The molecule has 0 aliphatic rings. The maximum absolute atomic E-state index is 12.3. The molecule has 110 valence electrons. The highest BCUT2D eigenvalue weighted by Gasteiger charge is 2.13. The first-order valence-electron chi connectivity index (χ1n) is 7.28. The minimum Gasteiger partial charge on any atom is -0.294 e. The molecule has 0 saturated carbocycles. The molecule has 0 aliphatic heterocycles. The van der Waals surface area contributed by atoms with E-state index < -0.39 is 0 Å². The highest BCUT2D eigenvalue weighted by Crippen LogP contribution is 2.18. The quantitative estimate of drug-likeness (QED) is 0.798. The molecular weight excluding hydrogens is 266 g/mol. The van der Waals surface area contributed by atoms with E-state index in [0.717, 1.165) is 36.2 Å². The number of hydrogen-bond donors (Lipinski definition) is 1. The van der Waals surface area contributed by atoms with Crippen molar-refractivity contribution in [2.75, 3.05) is 0 Å². The van der Waals surface area contributed by atoms with Crippen LogP contribution in [0.4, 0.5) is 0 Å². The predicted molar refractivity (Wildman–Crippen MR) is 81.4 cm³/mol. The molecule has 3 aromatic heterocycles. The van der Waals surface area contributed by atoms with Gasteiger partial charge < -0.3 is 0 Å². The van der Waals surface area contributed by atoms with Crippen molar-refractivity contribution in [3.8, 4) is 11.3 Å². The summed E-state index contributed by atoms with van der Waals surface area (Å²) in [6, 6.07) is 1.55. The zero-order valence-electron chi connectivity index (χ0n) is 12.6. The molecule has 0 radical (unpaired) electrons. The monoisotopic (exact) mass is 285 g/mol. The van der Waals surface area contributed by atoms with Gasteiger partial charge in [0.25, 0.3) is 5.56 Å². The van der Waals surface area contributed by atoms with Crippen LogP contribution in [0.1, 0.15) is 31.5 Å². The first kappa shape index (κ1) is 13.6. The number of nitrogens with one attached hydrogen (secondary N) is 1. The topological polar surface area (TPSA) is 68.0 Å². The molecule has 0 unspecified atom stereocenters. The minimum absolute atomic E-state index is 0.0963. The Labute approximate surface area is 122 Å². The largest absolute Gasteiger partial charge is 0.294 e. The first-order valence-corrected chi connectivity index (χ1v) is 7.28. The summed E-state index contributed by atoms with van der Waals surface area (Å²) >= 11 is 0. The van der Waals surface area contributed by atoms with E-state index in [4.69, 9.17) is 0 Å². The second kappa shape index (κ2) is 5.20. The fraction of sp³-hybridized carbons (Fsp3) is 0.400. The molecule has 3 rings (SSSR count). The van der Waals surface area contributed by atoms with Crippen LogP contribution < -0.4 is 5.56 Å². The van der Waals surface area contributed by atoms with E-state index in [2.05, 4.69) is 29.0 Å². The molecule has 0 saturated heterocycles. The van der Waals surface area contributed by atoms with Gasteiger partial charge in [0, 0.05) is 35.6 Å². The van der Waals surface area contributed by atoms with Gasteiger partial charge in [-0.3, -0.25) is 14.6 Å². The summed E-state index contributed by atoms with van der Waals surface area (Å²) in [5.41, 5.74) is 4.23. The van der Waals surface area contributed by atoms with Crippen LogP contribution in [-0.2, 0) is 13.0 Å². The van der Waals surface area contributed by atoms with Crippen molar-refractivity contribution in [3.63, 3.8) is 0 Å². The van der Waals surface area contributed by atoms with E-state index in [-0.39, 0.29) is 5.56 Å². The zero-order valence-corrected chi connectivity index (χ0v) is 12.6. The average molecular weight is 285 g/mol. The lowest BCUT2D eigenvalue weighted by Crippen LogP contribution is -2.14. The van der Waals surface area contributed by atoms with Crippen LogP contribution in [0.3, 0.4) is 0 Å². The van der Waals surface area contributed by atoms with Gasteiger partial charge in [0.1, 0.15) is 0 Å². The molecule has 21 heavy (non-hydrogen) atoms. The van der Waals surface area contributed by atoms with E-state index in [0.29, 0.717) is 11.3 Å². The van der Waals surface area contributed by atoms with Crippen molar-refractivity contribution < 1.29 is 0 Å². The Balaban J connectivity index is 2.16. The minimum atomic E-state index is -0.0963. The van der Waals surface area contributed by atoms with Crippen LogP contribution in [0, 0.1) is 6.92 Å². The molecule has 0 amide bonds. The molecule has 0 aliphatic carbocycles. The lowest BCUT2D eigenvalue weighted by molar-refractivity contribution is 0.603. The Kier molecular flexibility index (Phi) is 3.37. The Morgan fingerprint density at radius 3 is 2.86 bits per heavy atom. The van der Waals surface area contributed by atoms with Crippen molar-refractivity contribution in [2.24, 2.45) is 0 Å². The standard InChI is InChI=1S/C15H19N5O/c1-4-6-19-9-11(8-16-19)13-7-14(21)20-15(17-13)12(5-2)10(3)18-20/h7-9,18H,4-6H2,1-3H3. The van der Waals surface area contributed by atoms with Crippen molar-refractivity contribution in [3.05, 3.63) is 40.1 Å². The Morgan fingerprint density at radius 1 is 1.33 bits per heavy atom. The predicted octanol–water partition coefficient (Wildman–Crippen LogP) is 2.17. The van der Waals surface area contributed by atoms with Gasteiger partial charge in [-0.25, -0.2) is 9.50 Å². The Bertz CT molecular complexity index is 839. The van der Waals surface area contributed by atoms with E-state index in [9.17, 15) is 4.79 Å². The molecule has 3 aromatic rings. The highest BCUT2D eigenvalue weighted by atomic mass is 16.1. The smallest absolute Gasteiger partial charge is 0.273 e. The summed E-state index contributed by atoms with van der Waals surface area (Å²) in [5.74, 6) is 0. The third kappa shape index (κ3) is 2.26. The van der Waals surface area contributed by atoms with E-state index in [1.807, 2.05) is 17.8 Å². The fourth-order valence-electron chi connectivity index (χ4n) is 2.61. The number of aromatic amines is 1. The number of H-pyrrole nitrogens is 1. The van der Waals surface area contributed by atoms with Crippen molar-refractivity contribution in [1.82, 2.24) is 24.4 Å². The Morgan fingerprint density at radius 2 is 2.14 bits per heavy atom. The van der Waals surface area contributed by atoms with Gasteiger partial charge in [-0.2, -0.15) is 5.10 Å². The normalized spacial score (nSPS) is 11.4. The van der Waals surface area contributed by atoms with E-state index in [1.54, 1.807) is 12.3 Å². The van der Waals surface area contributed by atoms with Crippen LogP contribution in [0.15, 0.2) is 23.3 Å². The summed E-state index contributed by atoms with van der Waals surface area (Å²) in [4.78, 5) is 16.9. The number of aromatic nitrogens is 5. The lowest BCUT2D eigenvalue weighted by Gasteiger charge is -1.99. The van der Waals surface area contributed by atoms with Crippen molar-refractivity contribution >= 4 is 5.65 Å². The molecule has 0 atom stereocenters. The summed E-state index contributed by atoms with van der Waals surface area (Å²) in [6.45, 7) is 7.00. The number of fused-ring (bicyclic) bond motifs is 1. The summed E-state index contributed by atoms with van der Waals surface area (Å²) in [7, 11) is 0. The van der Waals surface area contributed by atoms with Crippen LogP contribution in [0.5, 0.6) is 0 Å². The molecule has 1 N–H and O–H groups in total. The van der Waals surface area contributed by atoms with Crippen molar-refractivity contribution in [2.45, 2.75) is 40.2 Å². The number of hydrogen-bond acceptors (Lipinski definition) is 3. The highest BCUT2D eigenvalue weighted by molar-refractivity contribution is 5.62. The number of aryl methyl sites for hydroxylation is 3. The molecule has 6 heteroatoms. The van der Waals surface area contributed by atoms with Gasteiger partial charge in [0.2, 0.25) is 0 Å². The molecule has 0 aromatic carbocycles. The molecule has 0 spiro atoms. The molecule has 6 nitrogen and oxygen atoms in total. The van der Waals surface area contributed by atoms with Crippen LogP contribution in [-0.4, -0.2) is 24.4 Å². The third-order valence-corrected chi connectivity index (χ3v) is 3.66. The lowest BCUT2D eigenvalue weighted by atomic mass is 10.2. The van der Waals surface area contributed by atoms with Gasteiger partial charge in [-0.05, 0) is 19.8 Å². The van der Waals surface area contributed by atoms with E-state index in [1.165, 1.54) is 4.52 Å². The molecule has 0 bridgehead atoms. The van der Waals surface area contributed by atoms with Crippen LogP contribution >= 0.6 is 0 Å². The van der Waals surface area contributed by atoms with Crippen molar-refractivity contribution in [1.29, 1.82) is 0 Å². The maximum atomic E-state index is 12.3. The maximum Gasteiger partial charge on any atom is 0.273 e. The van der Waals surface area contributed by atoms with Crippen LogP contribution in [0.25, 0.3) is 16.9 Å². The van der Waals surface area contributed by atoms with E-state index >= 15 is 0 Å². The summed E-state index contributed by atoms with van der Waals surface area (Å²) in [6.07, 6.45) is 5.56. The Hall–Kier alpha value is -2.37. The number of rotatable bonds is 4. The van der Waals surface area contributed by atoms with Gasteiger partial charge in [0.05, 0.1) is 11.9 Å². The number of nitrogens with zero attached hydrogens (tertiary/aromatic N) is 4. The van der Waals surface area contributed by atoms with Gasteiger partial charge in [0.15, 0.2) is 5.65 Å². The van der Waals surface area contributed by atoms with Crippen LogP contribution in [0.2, 0.25) is 0 Å².